The molecule has 0 aliphatic carbocycles. The van der Waals surface area contributed by atoms with Crippen LogP contribution in [-0.2, 0) is 6.42 Å². The van der Waals surface area contributed by atoms with Gasteiger partial charge >= 0.3 is 6.03 Å². The molecule has 1 rings (SSSR count). The van der Waals surface area contributed by atoms with Crippen molar-refractivity contribution in [1.82, 2.24) is 10.6 Å². The fourth-order valence-electron chi connectivity index (χ4n) is 1.62. The summed E-state index contributed by atoms with van der Waals surface area (Å²) in [7, 11) is 0. The molecular weight excluding hydrogens is 256 g/mol. The molecule has 0 spiro atoms. The average Bonchev–Trinajstić information content (AvgIpc) is 2.29. The first-order valence-corrected chi connectivity index (χ1v) is 7.67. The summed E-state index contributed by atoms with van der Waals surface area (Å²) in [6.45, 7) is 8.71. The quantitative estimate of drug-likeness (QED) is 0.811. The molecule has 2 N–H and O–H groups in total. The summed E-state index contributed by atoms with van der Waals surface area (Å²) in [6, 6.07) is 8.42. The Balaban J connectivity index is 2.31. The van der Waals surface area contributed by atoms with Crippen LogP contribution in [0.5, 0.6) is 0 Å². The van der Waals surface area contributed by atoms with Gasteiger partial charge in [-0.1, -0.05) is 19.1 Å². The minimum atomic E-state index is -0.191. The highest BCUT2D eigenvalue weighted by molar-refractivity contribution is 7.99. The van der Waals surface area contributed by atoms with Gasteiger partial charge < -0.3 is 10.6 Å². The molecule has 0 aliphatic heterocycles. The lowest BCUT2D eigenvalue weighted by Gasteiger charge is -2.20. The lowest BCUT2D eigenvalue weighted by Crippen LogP contribution is -2.46. The Hall–Kier alpha value is -1.16. The van der Waals surface area contributed by atoms with Gasteiger partial charge in [-0.2, -0.15) is 0 Å². The molecule has 0 heterocycles. The Morgan fingerprint density at radius 1 is 1.21 bits per heavy atom. The third-order valence-electron chi connectivity index (χ3n) is 2.42. The van der Waals surface area contributed by atoms with Crippen LogP contribution in [0.3, 0.4) is 0 Å². The van der Waals surface area contributed by atoms with Crippen molar-refractivity contribution in [2.75, 3.05) is 12.3 Å². The molecule has 4 heteroatoms. The predicted molar refractivity (Wildman–Crippen MR) is 82.8 cm³/mol. The summed E-state index contributed by atoms with van der Waals surface area (Å²) in [5.41, 5.74) is 1.06. The maximum Gasteiger partial charge on any atom is 0.315 e. The van der Waals surface area contributed by atoms with Gasteiger partial charge in [0.25, 0.3) is 0 Å². The van der Waals surface area contributed by atoms with E-state index in [0.29, 0.717) is 6.54 Å². The minimum absolute atomic E-state index is 0.106. The molecule has 0 saturated carbocycles. The fourth-order valence-corrected chi connectivity index (χ4v) is 2.29. The zero-order chi connectivity index (χ0) is 14.3. The van der Waals surface area contributed by atoms with Gasteiger partial charge in [-0.3, -0.25) is 0 Å². The van der Waals surface area contributed by atoms with Crippen LogP contribution in [0.25, 0.3) is 0 Å². The van der Waals surface area contributed by atoms with Crippen LogP contribution in [0.2, 0.25) is 0 Å². The summed E-state index contributed by atoms with van der Waals surface area (Å²) in [5.74, 6) is 1.09. The number of amides is 2. The van der Waals surface area contributed by atoms with Gasteiger partial charge in [0.1, 0.15) is 0 Å². The summed E-state index contributed by atoms with van der Waals surface area (Å²) in [6.07, 6.45) is 0.856. The number of hydrogen-bond acceptors (Lipinski definition) is 2. The normalized spacial score (nSPS) is 11.2. The molecule has 0 atom stereocenters. The molecule has 0 aliphatic rings. The van der Waals surface area contributed by atoms with Crippen molar-refractivity contribution < 1.29 is 4.79 Å². The van der Waals surface area contributed by atoms with Crippen molar-refractivity contribution in [2.45, 2.75) is 44.6 Å². The van der Waals surface area contributed by atoms with Gasteiger partial charge in [-0.25, -0.2) is 4.79 Å². The van der Waals surface area contributed by atoms with E-state index in [1.807, 2.05) is 32.5 Å². The summed E-state index contributed by atoms with van der Waals surface area (Å²) in [4.78, 5) is 12.9. The van der Waals surface area contributed by atoms with Crippen molar-refractivity contribution in [2.24, 2.45) is 0 Å². The molecule has 0 saturated heterocycles. The molecule has 3 nitrogen and oxygen atoms in total. The number of benzene rings is 1. The molecule has 2 amide bonds. The number of carbonyl (C=O) groups excluding carboxylic acids is 1. The van der Waals surface area contributed by atoms with Crippen molar-refractivity contribution in [3.05, 3.63) is 29.8 Å². The Kier molecular flexibility index (Phi) is 6.22. The van der Waals surface area contributed by atoms with E-state index >= 15 is 0 Å². The summed E-state index contributed by atoms with van der Waals surface area (Å²) in [5, 5.41) is 5.75. The molecule has 0 radical (unpaired) electrons. The first-order valence-electron chi connectivity index (χ1n) is 6.68. The third-order valence-corrected chi connectivity index (χ3v) is 3.32. The highest BCUT2D eigenvalue weighted by atomic mass is 32.2. The van der Waals surface area contributed by atoms with Gasteiger partial charge in [0.15, 0.2) is 0 Å². The molecule has 0 fully saturated rings. The van der Waals surface area contributed by atoms with Crippen LogP contribution in [0, 0.1) is 0 Å². The second-order valence-electron chi connectivity index (χ2n) is 5.46. The predicted octanol–water partition coefficient (Wildman–Crippen LogP) is 3.44. The Morgan fingerprint density at radius 2 is 1.84 bits per heavy atom. The maximum atomic E-state index is 11.6. The number of thioether (sulfide) groups is 1. The zero-order valence-electron chi connectivity index (χ0n) is 12.2. The van der Waals surface area contributed by atoms with Crippen molar-refractivity contribution in [3.8, 4) is 0 Å². The lowest BCUT2D eigenvalue weighted by atomic mass is 10.1. The van der Waals surface area contributed by atoms with E-state index in [0.717, 1.165) is 12.2 Å². The van der Waals surface area contributed by atoms with E-state index in [4.69, 9.17) is 0 Å². The van der Waals surface area contributed by atoms with Gasteiger partial charge in [0, 0.05) is 17.0 Å². The minimum Gasteiger partial charge on any atom is -0.338 e. The van der Waals surface area contributed by atoms with Crippen LogP contribution in [0.1, 0.15) is 33.3 Å². The van der Waals surface area contributed by atoms with Crippen LogP contribution < -0.4 is 10.6 Å². The SMILES string of the molecule is CCSc1ccc(CCNC(=O)NC(C)(C)C)cc1. The number of rotatable bonds is 5. The van der Waals surface area contributed by atoms with Crippen molar-refractivity contribution in [3.63, 3.8) is 0 Å². The Labute approximate surface area is 120 Å². The van der Waals surface area contributed by atoms with Crippen LogP contribution in [0.4, 0.5) is 4.79 Å². The van der Waals surface area contributed by atoms with E-state index in [1.165, 1.54) is 10.5 Å². The molecule has 0 aromatic heterocycles. The average molecular weight is 280 g/mol. The Morgan fingerprint density at radius 3 is 2.37 bits per heavy atom. The number of carbonyl (C=O) groups is 1. The van der Waals surface area contributed by atoms with Crippen molar-refractivity contribution >= 4 is 17.8 Å². The highest BCUT2D eigenvalue weighted by Gasteiger charge is 2.12. The molecule has 0 unspecified atom stereocenters. The maximum absolute atomic E-state index is 11.6. The van der Waals surface area contributed by atoms with Gasteiger partial charge in [-0.15, -0.1) is 11.8 Å². The van der Waals surface area contributed by atoms with E-state index in [2.05, 4.69) is 41.8 Å². The molecule has 0 bridgehead atoms. The van der Waals surface area contributed by atoms with E-state index in [-0.39, 0.29) is 11.6 Å². The topological polar surface area (TPSA) is 41.1 Å². The molecule has 106 valence electrons. The van der Waals surface area contributed by atoms with Crippen LogP contribution >= 0.6 is 11.8 Å². The third kappa shape index (κ3) is 7.11. The first kappa shape index (κ1) is 15.9. The fraction of sp³-hybridized carbons (Fsp3) is 0.533. The number of hydrogen-bond donors (Lipinski definition) is 2. The largest absolute Gasteiger partial charge is 0.338 e. The number of nitrogens with one attached hydrogen (secondary N) is 2. The van der Waals surface area contributed by atoms with E-state index < -0.39 is 0 Å². The lowest BCUT2D eigenvalue weighted by molar-refractivity contribution is 0.232. The second-order valence-corrected chi connectivity index (χ2v) is 6.80. The summed E-state index contributed by atoms with van der Waals surface area (Å²) >= 11 is 1.84. The van der Waals surface area contributed by atoms with Crippen LogP contribution in [0.15, 0.2) is 29.2 Å². The Bertz CT molecular complexity index is 396. The van der Waals surface area contributed by atoms with Crippen molar-refractivity contribution in [1.29, 1.82) is 0 Å². The number of urea groups is 1. The standard InChI is InChI=1S/C15H24N2OS/c1-5-19-13-8-6-12(7-9-13)10-11-16-14(18)17-15(2,3)4/h6-9H,5,10-11H2,1-4H3,(H2,16,17,18). The van der Waals surface area contributed by atoms with Gasteiger partial charge in [0.2, 0.25) is 0 Å². The zero-order valence-corrected chi connectivity index (χ0v) is 13.1. The molecule has 1 aromatic carbocycles. The highest BCUT2D eigenvalue weighted by Crippen LogP contribution is 2.17. The van der Waals surface area contributed by atoms with E-state index in [9.17, 15) is 4.79 Å². The molecular formula is C15H24N2OS. The van der Waals surface area contributed by atoms with Crippen LogP contribution in [-0.4, -0.2) is 23.9 Å². The van der Waals surface area contributed by atoms with Gasteiger partial charge in [-0.05, 0) is 50.6 Å². The smallest absolute Gasteiger partial charge is 0.315 e. The van der Waals surface area contributed by atoms with Gasteiger partial charge in [0.05, 0.1) is 0 Å². The summed E-state index contributed by atoms with van der Waals surface area (Å²) < 4.78 is 0. The molecule has 1 aromatic rings. The monoisotopic (exact) mass is 280 g/mol. The molecule has 19 heavy (non-hydrogen) atoms. The second kappa shape index (κ2) is 7.43. The van der Waals surface area contributed by atoms with E-state index in [1.54, 1.807) is 0 Å². The first-order chi connectivity index (χ1) is 8.90.